The fraction of sp³-hybridized carbons (Fsp3) is 0.130. The molecule has 0 spiro atoms. The minimum atomic E-state index is -0.981. The summed E-state index contributed by atoms with van der Waals surface area (Å²) < 4.78 is 25.2. The second-order valence-electron chi connectivity index (χ2n) is 6.27. The highest BCUT2D eigenvalue weighted by molar-refractivity contribution is 5.88. The van der Waals surface area contributed by atoms with Gasteiger partial charge in [-0.25, -0.2) is 9.18 Å². The summed E-state index contributed by atoms with van der Waals surface area (Å²) in [6.07, 6.45) is 1.61. The van der Waals surface area contributed by atoms with Crippen molar-refractivity contribution in [3.05, 3.63) is 89.2 Å². The predicted octanol–water partition coefficient (Wildman–Crippen LogP) is 4.95. The van der Waals surface area contributed by atoms with Crippen LogP contribution in [0.25, 0.3) is 0 Å². The average Bonchev–Trinajstić information content (AvgIpc) is 2.75. The average molecular weight is 408 g/mol. The third kappa shape index (κ3) is 5.57. The maximum atomic E-state index is 13.8. The van der Waals surface area contributed by atoms with Crippen LogP contribution >= 0.6 is 0 Å². The van der Waals surface area contributed by atoms with Gasteiger partial charge in [-0.2, -0.15) is 5.10 Å². The molecule has 0 unspecified atom stereocenters. The number of carboxylic acids is 1. The molecule has 0 amide bonds. The normalized spacial score (nSPS) is 10.7. The Hall–Kier alpha value is -3.87. The second-order valence-corrected chi connectivity index (χ2v) is 6.27. The number of rotatable bonds is 9. The van der Waals surface area contributed by atoms with Gasteiger partial charge < -0.3 is 14.6 Å². The summed E-state index contributed by atoms with van der Waals surface area (Å²) in [7, 11) is 0. The fourth-order valence-electron chi connectivity index (χ4n) is 2.63. The van der Waals surface area contributed by atoms with Gasteiger partial charge in [0.2, 0.25) is 0 Å². The quantitative estimate of drug-likeness (QED) is 0.387. The lowest BCUT2D eigenvalue weighted by atomic mass is 10.2. The molecule has 0 aromatic heterocycles. The van der Waals surface area contributed by atoms with E-state index in [-0.39, 0.29) is 18.0 Å². The number of benzene rings is 3. The maximum Gasteiger partial charge on any atom is 0.335 e. The molecule has 2 N–H and O–H groups in total. The maximum absolute atomic E-state index is 13.8. The van der Waals surface area contributed by atoms with Crippen LogP contribution in [0.2, 0.25) is 0 Å². The van der Waals surface area contributed by atoms with E-state index in [1.807, 2.05) is 6.92 Å². The molecule has 3 aromatic carbocycles. The van der Waals surface area contributed by atoms with Crippen LogP contribution in [0.5, 0.6) is 11.5 Å². The molecule has 30 heavy (non-hydrogen) atoms. The third-order valence-corrected chi connectivity index (χ3v) is 4.15. The Balaban J connectivity index is 1.67. The lowest BCUT2D eigenvalue weighted by Gasteiger charge is -2.13. The van der Waals surface area contributed by atoms with Gasteiger partial charge >= 0.3 is 5.97 Å². The van der Waals surface area contributed by atoms with Gasteiger partial charge in [0.05, 0.1) is 24.1 Å². The van der Waals surface area contributed by atoms with Gasteiger partial charge in [-0.3, -0.25) is 5.43 Å². The molecule has 0 bridgehead atoms. The number of anilines is 1. The van der Waals surface area contributed by atoms with Crippen LogP contribution in [-0.2, 0) is 6.61 Å². The Morgan fingerprint density at radius 3 is 2.53 bits per heavy atom. The van der Waals surface area contributed by atoms with Gasteiger partial charge in [-0.05, 0) is 61.0 Å². The van der Waals surface area contributed by atoms with Crippen molar-refractivity contribution in [3.8, 4) is 11.5 Å². The molecule has 0 aliphatic carbocycles. The van der Waals surface area contributed by atoms with E-state index in [9.17, 15) is 9.18 Å². The summed E-state index contributed by atoms with van der Waals surface area (Å²) in [6.45, 7) is 2.41. The number of halogens is 1. The summed E-state index contributed by atoms with van der Waals surface area (Å²) >= 11 is 0. The fourth-order valence-corrected chi connectivity index (χ4v) is 2.63. The third-order valence-electron chi connectivity index (χ3n) is 4.15. The summed E-state index contributed by atoms with van der Waals surface area (Å²) in [5.74, 6) is -0.259. The molecule has 6 nitrogen and oxygen atoms in total. The molecular formula is C23H21FN2O4. The zero-order valence-electron chi connectivity index (χ0n) is 16.3. The molecular weight excluding hydrogens is 387 g/mol. The molecule has 0 aliphatic heterocycles. The van der Waals surface area contributed by atoms with Crippen molar-refractivity contribution in [1.82, 2.24) is 0 Å². The number of hydrogen-bond donors (Lipinski definition) is 2. The highest BCUT2D eigenvalue weighted by atomic mass is 19.1. The number of carboxylic acid groups (broad SMARTS) is 1. The SMILES string of the molecule is CCOc1cc(C=NNc2ccc(C(=O)O)cc2)ccc1OCc1ccccc1F. The van der Waals surface area contributed by atoms with Crippen LogP contribution in [0.4, 0.5) is 10.1 Å². The van der Waals surface area contributed by atoms with E-state index in [2.05, 4.69) is 10.5 Å². The van der Waals surface area contributed by atoms with Gasteiger partial charge in [0.25, 0.3) is 0 Å². The zero-order valence-corrected chi connectivity index (χ0v) is 16.3. The van der Waals surface area contributed by atoms with E-state index >= 15 is 0 Å². The Morgan fingerprint density at radius 1 is 1.07 bits per heavy atom. The molecule has 0 heterocycles. The molecule has 0 saturated heterocycles. The molecule has 0 aliphatic rings. The molecule has 0 fully saturated rings. The Kier molecular flexibility index (Phi) is 7.00. The highest BCUT2D eigenvalue weighted by Crippen LogP contribution is 2.29. The molecule has 0 atom stereocenters. The first-order chi connectivity index (χ1) is 14.6. The van der Waals surface area contributed by atoms with E-state index in [4.69, 9.17) is 14.6 Å². The van der Waals surface area contributed by atoms with Crippen molar-refractivity contribution >= 4 is 17.9 Å². The van der Waals surface area contributed by atoms with Crippen molar-refractivity contribution in [1.29, 1.82) is 0 Å². The van der Waals surface area contributed by atoms with Crippen LogP contribution in [0.15, 0.2) is 71.8 Å². The predicted molar refractivity (Wildman–Crippen MR) is 113 cm³/mol. The number of hydrogen-bond acceptors (Lipinski definition) is 5. The number of nitrogens with one attached hydrogen (secondary N) is 1. The molecule has 7 heteroatoms. The van der Waals surface area contributed by atoms with Gasteiger partial charge in [0.15, 0.2) is 11.5 Å². The summed E-state index contributed by atoms with van der Waals surface area (Å²) in [6, 6.07) is 18.0. The van der Waals surface area contributed by atoms with Crippen molar-refractivity contribution in [2.75, 3.05) is 12.0 Å². The number of nitrogens with zero attached hydrogens (tertiary/aromatic N) is 1. The molecule has 0 radical (unpaired) electrons. The van der Waals surface area contributed by atoms with Crippen molar-refractivity contribution < 1.29 is 23.8 Å². The van der Waals surface area contributed by atoms with E-state index < -0.39 is 5.97 Å². The van der Waals surface area contributed by atoms with Crippen LogP contribution in [0.3, 0.4) is 0 Å². The minimum Gasteiger partial charge on any atom is -0.490 e. The van der Waals surface area contributed by atoms with E-state index in [1.54, 1.807) is 54.7 Å². The molecule has 0 saturated carbocycles. The number of aromatic carboxylic acids is 1. The first-order valence-corrected chi connectivity index (χ1v) is 9.32. The molecule has 3 aromatic rings. The van der Waals surface area contributed by atoms with Crippen LogP contribution in [0, 0.1) is 5.82 Å². The van der Waals surface area contributed by atoms with Gasteiger partial charge in [0, 0.05) is 5.56 Å². The zero-order chi connectivity index (χ0) is 21.3. The minimum absolute atomic E-state index is 0.0913. The first-order valence-electron chi connectivity index (χ1n) is 9.32. The molecule has 154 valence electrons. The van der Waals surface area contributed by atoms with Crippen molar-refractivity contribution in [2.24, 2.45) is 5.10 Å². The highest BCUT2D eigenvalue weighted by Gasteiger charge is 2.08. The monoisotopic (exact) mass is 408 g/mol. The second kappa shape index (κ2) is 10.1. The Bertz CT molecular complexity index is 1040. The number of carbonyl (C=O) groups is 1. The summed E-state index contributed by atoms with van der Waals surface area (Å²) in [4.78, 5) is 10.9. The van der Waals surface area contributed by atoms with Gasteiger partial charge in [0.1, 0.15) is 12.4 Å². The van der Waals surface area contributed by atoms with E-state index in [0.29, 0.717) is 29.4 Å². The first kappa shape index (κ1) is 20.9. The lowest BCUT2D eigenvalue weighted by Crippen LogP contribution is -2.02. The Morgan fingerprint density at radius 2 is 1.83 bits per heavy atom. The van der Waals surface area contributed by atoms with Crippen molar-refractivity contribution in [3.63, 3.8) is 0 Å². The van der Waals surface area contributed by atoms with Gasteiger partial charge in [-0.1, -0.05) is 18.2 Å². The standard InChI is InChI=1S/C23H21FN2O4/c1-2-29-22-13-16(14-25-26-19-10-8-17(9-11-19)23(27)28)7-12-21(22)30-15-18-5-3-4-6-20(18)24/h3-14,26H,2,15H2,1H3,(H,27,28). The van der Waals surface area contributed by atoms with Crippen LogP contribution in [-0.4, -0.2) is 23.9 Å². The van der Waals surface area contributed by atoms with Crippen LogP contribution in [0.1, 0.15) is 28.4 Å². The van der Waals surface area contributed by atoms with Crippen molar-refractivity contribution in [2.45, 2.75) is 13.5 Å². The summed E-state index contributed by atoms with van der Waals surface area (Å²) in [5, 5.41) is 13.1. The topological polar surface area (TPSA) is 80.2 Å². The van der Waals surface area contributed by atoms with Gasteiger partial charge in [-0.15, -0.1) is 0 Å². The smallest absolute Gasteiger partial charge is 0.335 e. The van der Waals surface area contributed by atoms with E-state index in [1.165, 1.54) is 18.2 Å². The van der Waals surface area contributed by atoms with E-state index in [0.717, 1.165) is 5.56 Å². The largest absolute Gasteiger partial charge is 0.490 e. The lowest BCUT2D eigenvalue weighted by molar-refractivity contribution is 0.0697. The number of ether oxygens (including phenoxy) is 2. The molecule has 3 rings (SSSR count). The number of hydrazone groups is 1. The summed E-state index contributed by atoms with van der Waals surface area (Å²) in [5.41, 5.74) is 4.94. The Labute approximate surface area is 173 Å². The van der Waals surface area contributed by atoms with Crippen LogP contribution < -0.4 is 14.9 Å².